The minimum absolute atomic E-state index is 0.0354. The highest BCUT2D eigenvalue weighted by Crippen LogP contribution is 2.43. The molecule has 1 N–H and O–H groups in total. The van der Waals surface area contributed by atoms with Gasteiger partial charge in [0.1, 0.15) is 0 Å². The van der Waals surface area contributed by atoms with Gasteiger partial charge in [-0.2, -0.15) is 13.2 Å². The van der Waals surface area contributed by atoms with Gasteiger partial charge >= 0.3 is 12.2 Å². The van der Waals surface area contributed by atoms with Crippen LogP contribution >= 0.6 is 0 Å². The number of rotatable bonds is 3. The average molecular weight is 490 g/mol. The van der Waals surface area contributed by atoms with Crippen LogP contribution in [-0.2, 0) is 6.18 Å². The van der Waals surface area contributed by atoms with Gasteiger partial charge in [-0.1, -0.05) is 30.3 Å². The molecule has 1 unspecified atom stereocenters. The molecule has 2 amide bonds. The molecule has 36 heavy (non-hydrogen) atoms. The fourth-order valence-electron chi connectivity index (χ4n) is 4.97. The summed E-state index contributed by atoms with van der Waals surface area (Å²) in [6.45, 7) is 1.52. The van der Waals surface area contributed by atoms with Crippen LogP contribution in [0.5, 0.6) is 0 Å². The molecule has 3 heterocycles. The van der Waals surface area contributed by atoms with Crippen molar-refractivity contribution in [3.05, 3.63) is 84.9 Å². The highest BCUT2D eigenvalue weighted by molar-refractivity contribution is 6.06. The Hall–Kier alpha value is -4.27. The van der Waals surface area contributed by atoms with Gasteiger partial charge in [0.15, 0.2) is 12.2 Å². The van der Waals surface area contributed by atoms with Crippen LogP contribution in [0.4, 0.5) is 35.0 Å². The van der Waals surface area contributed by atoms with Crippen molar-refractivity contribution >= 4 is 23.1 Å². The summed E-state index contributed by atoms with van der Waals surface area (Å²) in [5, 5.41) is 2.98. The van der Waals surface area contributed by atoms with E-state index < -0.39 is 11.7 Å². The Balaban J connectivity index is 1.34. The zero-order valence-corrected chi connectivity index (χ0v) is 19.0. The molecule has 2 aliphatic rings. The number of halogens is 3. The maximum atomic E-state index is 13.6. The first kappa shape index (κ1) is 22.2. The van der Waals surface area contributed by atoms with Crippen LogP contribution in [0.1, 0.15) is 12.0 Å². The fraction of sp³-hybridized carbons (Fsp3) is 0.185. The van der Waals surface area contributed by atoms with Crippen LogP contribution in [0.2, 0.25) is 0 Å². The zero-order valence-electron chi connectivity index (χ0n) is 19.0. The summed E-state index contributed by atoms with van der Waals surface area (Å²) < 4.78 is 45.2. The molecule has 1 aromatic heterocycles. The number of nitrogens with zero attached hydrogens (tertiary/aromatic N) is 3. The lowest BCUT2D eigenvalue weighted by molar-refractivity contribution is -0.137. The number of carbonyl (C=O) groups is 1. The molecule has 0 saturated carbocycles. The topological polar surface area (TPSA) is 61.6 Å². The van der Waals surface area contributed by atoms with E-state index in [4.69, 9.17) is 4.42 Å². The maximum absolute atomic E-state index is 13.6. The first-order valence-corrected chi connectivity index (χ1v) is 11.5. The maximum Gasteiger partial charge on any atom is 0.416 e. The Morgan fingerprint density at radius 1 is 0.972 bits per heavy atom. The molecule has 6 nitrogen and oxygen atoms in total. The highest BCUT2D eigenvalue weighted by Gasteiger charge is 2.39. The van der Waals surface area contributed by atoms with Crippen molar-refractivity contribution in [1.29, 1.82) is 0 Å². The van der Waals surface area contributed by atoms with Crippen molar-refractivity contribution < 1.29 is 22.4 Å². The van der Waals surface area contributed by atoms with E-state index in [1.165, 1.54) is 12.5 Å². The van der Waals surface area contributed by atoms with E-state index >= 15 is 0 Å². The quantitative estimate of drug-likeness (QED) is 0.349. The van der Waals surface area contributed by atoms with E-state index in [1.807, 2.05) is 30.3 Å². The second kappa shape index (κ2) is 8.44. The van der Waals surface area contributed by atoms with Gasteiger partial charge in [0, 0.05) is 24.3 Å². The lowest BCUT2D eigenvalue weighted by Crippen LogP contribution is -2.47. The predicted molar refractivity (Wildman–Crippen MR) is 131 cm³/mol. The summed E-state index contributed by atoms with van der Waals surface area (Å²) in [6.07, 6.45) is -0.677. The van der Waals surface area contributed by atoms with Crippen LogP contribution in [0.15, 0.2) is 83.7 Å². The monoisotopic (exact) mass is 490 g/mol. The summed E-state index contributed by atoms with van der Waals surface area (Å²) >= 11 is 0. The minimum atomic E-state index is -4.43. The van der Waals surface area contributed by atoms with Crippen molar-refractivity contribution in [2.75, 3.05) is 28.2 Å². The van der Waals surface area contributed by atoms with Gasteiger partial charge in [-0.25, -0.2) is 9.78 Å². The molecule has 182 valence electrons. The number of hydrogen-bond donors (Lipinski definition) is 1. The third-order valence-electron chi connectivity index (χ3n) is 6.68. The third kappa shape index (κ3) is 3.96. The Kier molecular flexibility index (Phi) is 5.21. The number of carbonyl (C=O) groups excluding carboxylic acids is 1. The molecule has 2 aliphatic heterocycles. The summed E-state index contributed by atoms with van der Waals surface area (Å²) in [4.78, 5) is 21.4. The average Bonchev–Trinajstić information content (AvgIpc) is 3.55. The second-order valence-electron chi connectivity index (χ2n) is 8.92. The van der Waals surface area contributed by atoms with E-state index in [0.29, 0.717) is 34.8 Å². The van der Waals surface area contributed by atoms with Crippen molar-refractivity contribution in [2.24, 2.45) is 0 Å². The van der Waals surface area contributed by atoms with Gasteiger partial charge in [0.05, 0.1) is 29.2 Å². The first-order chi connectivity index (χ1) is 17.4. The van der Waals surface area contributed by atoms with Crippen LogP contribution in [0.25, 0.3) is 22.5 Å². The smallest absolute Gasteiger partial charge is 0.416 e. The van der Waals surface area contributed by atoms with Gasteiger partial charge in [0.25, 0.3) is 0 Å². The molecule has 1 fully saturated rings. The van der Waals surface area contributed by atoms with Crippen LogP contribution in [0, 0.1) is 0 Å². The molecule has 1 atom stereocenters. The molecule has 9 heteroatoms. The molecule has 3 aromatic carbocycles. The van der Waals surface area contributed by atoms with Crippen molar-refractivity contribution in [2.45, 2.75) is 18.6 Å². The number of fused-ring (bicyclic) bond motifs is 4. The number of amides is 2. The Bertz CT molecular complexity index is 1440. The molecule has 4 aromatic rings. The van der Waals surface area contributed by atoms with Gasteiger partial charge in [-0.05, 0) is 53.9 Å². The first-order valence-electron chi connectivity index (χ1n) is 11.5. The number of aromatic nitrogens is 1. The van der Waals surface area contributed by atoms with Gasteiger partial charge in [0.2, 0.25) is 0 Å². The number of urea groups is 1. The molecule has 0 aliphatic carbocycles. The lowest BCUT2D eigenvalue weighted by Gasteiger charge is -2.37. The summed E-state index contributed by atoms with van der Waals surface area (Å²) in [5.74, 6) is 0.589. The van der Waals surface area contributed by atoms with E-state index in [9.17, 15) is 18.0 Å². The molecule has 6 rings (SSSR count). The normalized spacial score (nSPS) is 16.7. The molecule has 1 saturated heterocycles. The third-order valence-corrected chi connectivity index (χ3v) is 6.68. The molecular weight excluding hydrogens is 469 g/mol. The molecule has 0 spiro atoms. The number of oxazole rings is 1. The molecular formula is C27H21F3N4O2. The fourth-order valence-corrected chi connectivity index (χ4v) is 4.97. The number of alkyl halides is 3. The van der Waals surface area contributed by atoms with Gasteiger partial charge in [-0.15, -0.1) is 0 Å². The van der Waals surface area contributed by atoms with Crippen molar-refractivity contribution in [3.63, 3.8) is 0 Å². The summed E-state index contributed by atoms with van der Waals surface area (Å²) in [6, 6.07) is 17.7. The summed E-state index contributed by atoms with van der Waals surface area (Å²) in [7, 11) is 0. The Labute approximate surface area is 205 Å². The van der Waals surface area contributed by atoms with Crippen LogP contribution in [-0.4, -0.2) is 30.1 Å². The van der Waals surface area contributed by atoms with Crippen molar-refractivity contribution in [3.8, 4) is 22.5 Å². The Morgan fingerprint density at radius 2 is 1.78 bits per heavy atom. The number of anilines is 3. The molecule has 0 radical (unpaired) electrons. The van der Waals surface area contributed by atoms with Crippen molar-refractivity contribution in [1.82, 2.24) is 4.98 Å². The second-order valence-corrected chi connectivity index (χ2v) is 8.92. The number of nitrogens with one attached hydrogen (secondary N) is 1. The van der Waals surface area contributed by atoms with Crippen LogP contribution in [0.3, 0.4) is 0 Å². The van der Waals surface area contributed by atoms with E-state index in [-0.39, 0.29) is 12.1 Å². The number of benzene rings is 3. The zero-order chi connectivity index (χ0) is 24.9. The highest BCUT2D eigenvalue weighted by atomic mass is 19.4. The largest absolute Gasteiger partial charge is 0.444 e. The van der Waals surface area contributed by atoms with E-state index in [2.05, 4.69) is 15.2 Å². The lowest BCUT2D eigenvalue weighted by atomic mass is 10.00. The standard InChI is InChI=1S/C27H21F3N4O2/c28-27(29,30)20-5-1-3-17(11-20)18-7-8-23-24(13-18)34(22-9-10-33(23)15-22)26(35)32-21-6-2-4-19(12-21)25-14-31-16-36-25/h1-8,11-14,16,22H,9-10,15H2,(H,32,35). The predicted octanol–water partition coefficient (Wildman–Crippen LogP) is 6.66. The molecule has 2 bridgehead atoms. The van der Waals surface area contributed by atoms with E-state index in [1.54, 1.807) is 29.3 Å². The minimum Gasteiger partial charge on any atom is -0.444 e. The SMILES string of the molecule is O=C(Nc1cccc(-c2cnco2)c1)N1c2cc(-c3cccc(C(F)(F)F)c3)ccc2N2CCC1C2. The summed E-state index contributed by atoms with van der Waals surface area (Å²) in [5.41, 5.74) is 3.32. The van der Waals surface area contributed by atoms with E-state index in [0.717, 1.165) is 36.3 Å². The Morgan fingerprint density at radius 3 is 2.58 bits per heavy atom. The number of hydrogen-bond acceptors (Lipinski definition) is 4. The van der Waals surface area contributed by atoms with Gasteiger partial charge in [-0.3, -0.25) is 4.90 Å². The van der Waals surface area contributed by atoms with Crippen LogP contribution < -0.4 is 15.1 Å². The van der Waals surface area contributed by atoms with Gasteiger partial charge < -0.3 is 14.6 Å².